The fourth-order valence-corrected chi connectivity index (χ4v) is 4.05. The first kappa shape index (κ1) is 15.3. The van der Waals surface area contributed by atoms with E-state index in [-0.39, 0.29) is 11.8 Å². The first-order chi connectivity index (χ1) is 11.7. The molecule has 124 valence electrons. The summed E-state index contributed by atoms with van der Waals surface area (Å²) in [6.07, 6.45) is 5.91. The molecule has 0 radical (unpaired) electrons. The predicted octanol–water partition coefficient (Wildman–Crippen LogP) is 2.37. The molecule has 0 aromatic carbocycles. The van der Waals surface area contributed by atoms with Gasteiger partial charge in [0.2, 0.25) is 5.91 Å². The van der Waals surface area contributed by atoms with Gasteiger partial charge in [0.05, 0.1) is 12.1 Å². The van der Waals surface area contributed by atoms with Crippen molar-refractivity contribution < 1.29 is 4.79 Å². The molecule has 3 aromatic heterocycles. The Morgan fingerprint density at radius 1 is 1.38 bits per heavy atom. The van der Waals surface area contributed by atoms with E-state index in [1.165, 1.54) is 0 Å². The Labute approximate surface area is 144 Å². The monoisotopic (exact) mass is 341 g/mol. The van der Waals surface area contributed by atoms with Gasteiger partial charge in [-0.1, -0.05) is 0 Å². The number of aromatic nitrogens is 4. The zero-order valence-electron chi connectivity index (χ0n) is 13.6. The van der Waals surface area contributed by atoms with Crippen molar-refractivity contribution >= 4 is 28.4 Å². The molecular weight excluding hydrogens is 322 g/mol. The SMILES string of the molecule is Cn1nc(C2CCCN(C(=O)Cc3ccsc3)C2)c2nccnc21. The van der Waals surface area contributed by atoms with E-state index in [1.807, 2.05) is 28.8 Å². The molecule has 1 atom stereocenters. The molecule has 1 aliphatic rings. The zero-order chi connectivity index (χ0) is 16.5. The second kappa shape index (κ2) is 6.32. The van der Waals surface area contributed by atoms with Crippen LogP contribution in [0.25, 0.3) is 11.2 Å². The Morgan fingerprint density at radius 3 is 3.08 bits per heavy atom. The Balaban J connectivity index is 1.55. The lowest BCUT2D eigenvalue weighted by molar-refractivity contribution is -0.131. The maximum Gasteiger partial charge on any atom is 0.227 e. The summed E-state index contributed by atoms with van der Waals surface area (Å²) in [5.74, 6) is 0.426. The van der Waals surface area contributed by atoms with Gasteiger partial charge in [0, 0.05) is 38.4 Å². The minimum atomic E-state index is 0.199. The summed E-state index contributed by atoms with van der Waals surface area (Å²) in [5, 5.41) is 8.70. The van der Waals surface area contributed by atoms with E-state index in [1.54, 1.807) is 28.4 Å². The molecule has 7 heteroatoms. The molecule has 1 unspecified atom stereocenters. The van der Waals surface area contributed by atoms with E-state index >= 15 is 0 Å². The number of hydrogen-bond donors (Lipinski definition) is 0. The van der Waals surface area contributed by atoms with Gasteiger partial charge in [0.25, 0.3) is 0 Å². The van der Waals surface area contributed by atoms with E-state index in [0.717, 1.165) is 41.8 Å². The van der Waals surface area contributed by atoms with E-state index < -0.39 is 0 Å². The summed E-state index contributed by atoms with van der Waals surface area (Å²) in [6.45, 7) is 1.54. The van der Waals surface area contributed by atoms with Crippen LogP contribution < -0.4 is 0 Å². The molecule has 0 aliphatic carbocycles. The van der Waals surface area contributed by atoms with Crippen LogP contribution in [0.3, 0.4) is 0 Å². The van der Waals surface area contributed by atoms with Gasteiger partial charge in [-0.2, -0.15) is 16.4 Å². The van der Waals surface area contributed by atoms with Crippen LogP contribution >= 0.6 is 11.3 Å². The fraction of sp³-hybridized carbons (Fsp3) is 0.412. The molecule has 0 bridgehead atoms. The smallest absolute Gasteiger partial charge is 0.227 e. The quantitative estimate of drug-likeness (QED) is 0.734. The van der Waals surface area contributed by atoms with Crippen molar-refractivity contribution in [2.45, 2.75) is 25.2 Å². The van der Waals surface area contributed by atoms with E-state index in [0.29, 0.717) is 13.0 Å². The minimum Gasteiger partial charge on any atom is -0.342 e. The van der Waals surface area contributed by atoms with Crippen molar-refractivity contribution in [1.82, 2.24) is 24.6 Å². The molecule has 1 fully saturated rings. The number of rotatable bonds is 3. The highest BCUT2D eigenvalue weighted by molar-refractivity contribution is 7.08. The van der Waals surface area contributed by atoms with Gasteiger partial charge in [0.1, 0.15) is 5.52 Å². The molecular formula is C17H19N5OS. The number of piperidine rings is 1. The van der Waals surface area contributed by atoms with Crippen LogP contribution in [0.1, 0.15) is 30.0 Å². The summed E-state index contributed by atoms with van der Waals surface area (Å²) >= 11 is 1.63. The first-order valence-corrected chi connectivity index (χ1v) is 9.09. The highest BCUT2D eigenvalue weighted by Gasteiger charge is 2.28. The summed E-state index contributed by atoms with van der Waals surface area (Å²) < 4.78 is 1.78. The van der Waals surface area contributed by atoms with Gasteiger partial charge in [-0.25, -0.2) is 14.6 Å². The van der Waals surface area contributed by atoms with Crippen LogP contribution in [-0.2, 0) is 18.3 Å². The van der Waals surface area contributed by atoms with E-state index in [4.69, 9.17) is 0 Å². The molecule has 0 N–H and O–H groups in total. The topological polar surface area (TPSA) is 63.9 Å². The summed E-state index contributed by atoms with van der Waals surface area (Å²) in [6, 6.07) is 2.02. The lowest BCUT2D eigenvalue weighted by Gasteiger charge is -2.32. The number of thiophene rings is 1. The van der Waals surface area contributed by atoms with Gasteiger partial charge in [-0.05, 0) is 35.2 Å². The zero-order valence-corrected chi connectivity index (χ0v) is 14.4. The molecule has 1 aliphatic heterocycles. The van der Waals surface area contributed by atoms with Crippen LogP contribution in [-0.4, -0.2) is 43.6 Å². The Bertz CT molecular complexity index is 857. The van der Waals surface area contributed by atoms with Crippen LogP contribution in [0.5, 0.6) is 0 Å². The second-order valence-electron chi connectivity index (χ2n) is 6.22. The maximum atomic E-state index is 12.6. The van der Waals surface area contributed by atoms with Crippen molar-refractivity contribution in [1.29, 1.82) is 0 Å². The molecule has 4 rings (SSSR count). The van der Waals surface area contributed by atoms with Crippen LogP contribution in [0.4, 0.5) is 0 Å². The Hall–Kier alpha value is -2.28. The third kappa shape index (κ3) is 2.80. The molecule has 1 amide bonds. The van der Waals surface area contributed by atoms with Crippen LogP contribution in [0, 0.1) is 0 Å². The Kier molecular flexibility index (Phi) is 4.02. The van der Waals surface area contributed by atoms with Crippen molar-refractivity contribution in [2.24, 2.45) is 7.05 Å². The van der Waals surface area contributed by atoms with Crippen molar-refractivity contribution in [2.75, 3.05) is 13.1 Å². The third-order valence-electron chi connectivity index (χ3n) is 4.58. The second-order valence-corrected chi connectivity index (χ2v) is 7.00. The molecule has 24 heavy (non-hydrogen) atoms. The van der Waals surface area contributed by atoms with Crippen molar-refractivity contribution in [3.8, 4) is 0 Å². The lowest BCUT2D eigenvalue weighted by atomic mass is 9.94. The average Bonchev–Trinajstić information content (AvgIpc) is 3.23. The molecule has 0 saturated carbocycles. The highest BCUT2D eigenvalue weighted by Crippen LogP contribution is 2.30. The van der Waals surface area contributed by atoms with Gasteiger partial charge in [-0.15, -0.1) is 0 Å². The maximum absolute atomic E-state index is 12.6. The summed E-state index contributed by atoms with van der Waals surface area (Å²) in [7, 11) is 1.89. The predicted molar refractivity (Wildman–Crippen MR) is 92.9 cm³/mol. The highest BCUT2D eigenvalue weighted by atomic mass is 32.1. The van der Waals surface area contributed by atoms with Gasteiger partial charge >= 0.3 is 0 Å². The fourth-order valence-electron chi connectivity index (χ4n) is 3.39. The van der Waals surface area contributed by atoms with E-state index in [2.05, 4.69) is 15.1 Å². The van der Waals surface area contributed by atoms with Crippen LogP contribution in [0.15, 0.2) is 29.2 Å². The third-order valence-corrected chi connectivity index (χ3v) is 5.31. The van der Waals surface area contributed by atoms with Crippen molar-refractivity contribution in [3.05, 3.63) is 40.5 Å². The minimum absolute atomic E-state index is 0.199. The Morgan fingerprint density at radius 2 is 2.25 bits per heavy atom. The number of amides is 1. The molecule has 4 heterocycles. The summed E-state index contributed by atoms with van der Waals surface area (Å²) in [4.78, 5) is 23.4. The molecule has 1 saturated heterocycles. The number of carbonyl (C=O) groups excluding carboxylic acids is 1. The number of likely N-dealkylation sites (tertiary alicyclic amines) is 1. The lowest BCUT2D eigenvalue weighted by Crippen LogP contribution is -2.40. The van der Waals surface area contributed by atoms with Gasteiger partial charge in [0.15, 0.2) is 5.65 Å². The number of carbonyl (C=O) groups is 1. The van der Waals surface area contributed by atoms with Gasteiger partial charge in [-0.3, -0.25) is 4.79 Å². The number of fused-ring (bicyclic) bond motifs is 1. The van der Waals surface area contributed by atoms with Crippen molar-refractivity contribution in [3.63, 3.8) is 0 Å². The average molecular weight is 341 g/mol. The normalized spacial score (nSPS) is 18.2. The molecule has 6 nitrogen and oxygen atoms in total. The van der Waals surface area contributed by atoms with Gasteiger partial charge < -0.3 is 4.90 Å². The number of aryl methyl sites for hydroxylation is 1. The van der Waals surface area contributed by atoms with Crippen LogP contribution in [0.2, 0.25) is 0 Å². The van der Waals surface area contributed by atoms with E-state index in [9.17, 15) is 4.79 Å². The largest absolute Gasteiger partial charge is 0.342 e. The first-order valence-electron chi connectivity index (χ1n) is 8.15. The summed E-state index contributed by atoms with van der Waals surface area (Å²) in [5.41, 5.74) is 3.72. The molecule has 3 aromatic rings. The molecule has 0 spiro atoms. The standard InChI is InChI=1S/C17H19N5OS/c1-21-17-16(18-5-6-19-17)15(20-21)13-3-2-7-22(10-13)14(23)9-12-4-8-24-11-12/h4-6,8,11,13H,2-3,7,9-10H2,1H3. The number of hydrogen-bond acceptors (Lipinski definition) is 5. The number of nitrogens with zero attached hydrogens (tertiary/aromatic N) is 5.